The van der Waals surface area contributed by atoms with Crippen LogP contribution in [0.15, 0.2) is 65.5 Å². The van der Waals surface area contributed by atoms with Crippen molar-refractivity contribution in [3.05, 3.63) is 93.5 Å². The number of carbonyl (C=O) groups excluding carboxylic acids is 1. The van der Waals surface area contributed by atoms with Gasteiger partial charge in [0, 0.05) is 32.5 Å². The molecule has 1 amide bonds. The zero-order valence-corrected chi connectivity index (χ0v) is 19.7. The first-order chi connectivity index (χ1) is 16.5. The van der Waals surface area contributed by atoms with Crippen molar-refractivity contribution in [2.75, 3.05) is 26.8 Å². The number of rotatable bonds is 8. The van der Waals surface area contributed by atoms with Crippen molar-refractivity contribution in [1.82, 2.24) is 14.5 Å². The minimum absolute atomic E-state index is 0.201. The largest absolute Gasteiger partial charge is 0.493 e. The third kappa shape index (κ3) is 4.75. The molecule has 0 bridgehead atoms. The normalized spacial score (nSPS) is 16.5. The van der Waals surface area contributed by atoms with Crippen LogP contribution in [0.4, 0.5) is 0 Å². The SMILES string of the molecule is CCCc1nc(O)c(C(=O)N2CC[C@@H](c3ccccc3)C2)c(=O)n1[C@@H](COC)c1ccccc1. The van der Waals surface area contributed by atoms with E-state index in [4.69, 9.17) is 4.74 Å². The third-order valence-electron chi connectivity index (χ3n) is 6.42. The van der Waals surface area contributed by atoms with Crippen LogP contribution in [-0.2, 0) is 11.2 Å². The second-order valence-electron chi connectivity index (χ2n) is 8.68. The van der Waals surface area contributed by atoms with Crippen molar-refractivity contribution in [2.45, 2.75) is 38.1 Å². The number of ether oxygens (including phenoxy) is 1. The molecule has 2 atom stereocenters. The van der Waals surface area contributed by atoms with Crippen molar-refractivity contribution < 1.29 is 14.6 Å². The summed E-state index contributed by atoms with van der Waals surface area (Å²) in [5, 5.41) is 10.7. The molecule has 0 radical (unpaired) electrons. The lowest BCUT2D eigenvalue weighted by molar-refractivity contribution is 0.0783. The molecule has 1 aliphatic heterocycles. The first-order valence-electron chi connectivity index (χ1n) is 11.8. The predicted molar refractivity (Wildman–Crippen MR) is 130 cm³/mol. The van der Waals surface area contributed by atoms with E-state index in [1.165, 1.54) is 10.1 Å². The Balaban J connectivity index is 1.74. The molecule has 178 valence electrons. The van der Waals surface area contributed by atoms with E-state index in [0.29, 0.717) is 25.3 Å². The van der Waals surface area contributed by atoms with Gasteiger partial charge in [-0.05, 0) is 24.0 Å². The summed E-state index contributed by atoms with van der Waals surface area (Å²) in [6.45, 7) is 3.24. The number of likely N-dealkylation sites (tertiary alicyclic amines) is 1. The number of aryl methyl sites for hydroxylation is 1. The van der Waals surface area contributed by atoms with E-state index >= 15 is 0 Å². The number of carbonyl (C=O) groups is 1. The van der Waals surface area contributed by atoms with Crippen LogP contribution >= 0.6 is 0 Å². The maximum absolute atomic E-state index is 13.8. The van der Waals surface area contributed by atoms with Crippen LogP contribution in [-0.4, -0.2) is 52.3 Å². The van der Waals surface area contributed by atoms with E-state index in [2.05, 4.69) is 17.1 Å². The smallest absolute Gasteiger partial charge is 0.271 e. The number of aromatic nitrogens is 2. The fourth-order valence-electron chi connectivity index (χ4n) is 4.73. The van der Waals surface area contributed by atoms with Gasteiger partial charge in [0.25, 0.3) is 11.5 Å². The van der Waals surface area contributed by atoms with Crippen LogP contribution in [0, 0.1) is 0 Å². The maximum atomic E-state index is 13.8. The minimum atomic E-state index is -0.532. The van der Waals surface area contributed by atoms with Gasteiger partial charge in [0.1, 0.15) is 5.82 Å². The quantitative estimate of drug-likeness (QED) is 0.552. The molecule has 2 aromatic carbocycles. The topological polar surface area (TPSA) is 84.7 Å². The average molecular weight is 462 g/mol. The van der Waals surface area contributed by atoms with E-state index in [1.54, 1.807) is 12.0 Å². The van der Waals surface area contributed by atoms with Crippen LogP contribution in [0.2, 0.25) is 0 Å². The van der Waals surface area contributed by atoms with E-state index in [9.17, 15) is 14.7 Å². The number of benzene rings is 2. The Morgan fingerprint density at radius 1 is 1.15 bits per heavy atom. The summed E-state index contributed by atoms with van der Waals surface area (Å²) in [5.41, 5.74) is 1.24. The van der Waals surface area contributed by atoms with Gasteiger partial charge in [-0.3, -0.25) is 14.2 Å². The average Bonchev–Trinajstić information content (AvgIpc) is 3.35. The number of hydrogen-bond donors (Lipinski definition) is 1. The fourth-order valence-corrected chi connectivity index (χ4v) is 4.73. The highest BCUT2D eigenvalue weighted by atomic mass is 16.5. The van der Waals surface area contributed by atoms with Crippen molar-refractivity contribution >= 4 is 5.91 Å². The molecule has 0 spiro atoms. The highest BCUT2D eigenvalue weighted by Crippen LogP contribution is 2.29. The van der Waals surface area contributed by atoms with Gasteiger partial charge in [-0.1, -0.05) is 67.6 Å². The van der Waals surface area contributed by atoms with Crippen molar-refractivity contribution in [2.24, 2.45) is 0 Å². The summed E-state index contributed by atoms with van der Waals surface area (Å²) in [6.07, 6.45) is 2.03. The van der Waals surface area contributed by atoms with E-state index in [0.717, 1.165) is 18.4 Å². The highest BCUT2D eigenvalue weighted by molar-refractivity contribution is 5.96. The first-order valence-corrected chi connectivity index (χ1v) is 11.8. The predicted octanol–water partition coefficient (Wildman–Crippen LogP) is 3.77. The molecule has 0 unspecified atom stereocenters. The molecule has 2 heterocycles. The second kappa shape index (κ2) is 10.7. The Bertz CT molecular complexity index is 1180. The molecule has 1 aromatic heterocycles. The van der Waals surface area contributed by atoms with Gasteiger partial charge < -0.3 is 14.7 Å². The Morgan fingerprint density at radius 2 is 1.82 bits per heavy atom. The maximum Gasteiger partial charge on any atom is 0.271 e. The van der Waals surface area contributed by atoms with Gasteiger partial charge in [0.15, 0.2) is 5.56 Å². The van der Waals surface area contributed by atoms with Crippen LogP contribution in [0.5, 0.6) is 5.88 Å². The van der Waals surface area contributed by atoms with Gasteiger partial charge in [0.05, 0.1) is 12.6 Å². The fraction of sp³-hybridized carbons (Fsp3) is 0.370. The van der Waals surface area contributed by atoms with E-state index in [1.807, 2.05) is 55.5 Å². The second-order valence-corrected chi connectivity index (χ2v) is 8.68. The summed E-state index contributed by atoms with van der Waals surface area (Å²) in [6, 6.07) is 19.1. The van der Waals surface area contributed by atoms with Gasteiger partial charge in [0.2, 0.25) is 5.88 Å². The molecule has 1 saturated heterocycles. The Labute approximate surface area is 199 Å². The monoisotopic (exact) mass is 461 g/mol. The summed E-state index contributed by atoms with van der Waals surface area (Å²) < 4.78 is 6.98. The van der Waals surface area contributed by atoms with E-state index in [-0.39, 0.29) is 18.1 Å². The van der Waals surface area contributed by atoms with Gasteiger partial charge in [-0.15, -0.1) is 0 Å². The van der Waals surface area contributed by atoms with Gasteiger partial charge in [-0.2, -0.15) is 4.98 Å². The summed E-state index contributed by atoms with van der Waals surface area (Å²) >= 11 is 0. The van der Waals surface area contributed by atoms with Crippen molar-refractivity contribution in [3.63, 3.8) is 0 Å². The Kier molecular flexibility index (Phi) is 7.43. The molecular weight excluding hydrogens is 430 g/mol. The minimum Gasteiger partial charge on any atom is -0.493 e. The molecule has 7 nitrogen and oxygen atoms in total. The van der Waals surface area contributed by atoms with Crippen molar-refractivity contribution in [3.8, 4) is 5.88 Å². The summed E-state index contributed by atoms with van der Waals surface area (Å²) in [4.78, 5) is 33.3. The molecule has 0 saturated carbocycles. The first kappa shape index (κ1) is 23.7. The molecule has 7 heteroatoms. The van der Waals surface area contributed by atoms with Gasteiger partial charge in [-0.25, -0.2) is 0 Å². The molecule has 1 N–H and O–H groups in total. The zero-order valence-electron chi connectivity index (χ0n) is 19.7. The lowest BCUT2D eigenvalue weighted by Gasteiger charge is -2.24. The zero-order chi connectivity index (χ0) is 24.1. The Hall–Kier alpha value is -3.45. The molecule has 34 heavy (non-hydrogen) atoms. The van der Waals surface area contributed by atoms with Gasteiger partial charge >= 0.3 is 0 Å². The Morgan fingerprint density at radius 3 is 2.47 bits per heavy atom. The molecule has 3 aromatic rings. The molecule has 1 aliphatic rings. The number of nitrogens with zero attached hydrogens (tertiary/aromatic N) is 3. The number of methoxy groups -OCH3 is 1. The van der Waals surface area contributed by atoms with Crippen molar-refractivity contribution in [1.29, 1.82) is 0 Å². The lowest BCUT2D eigenvalue weighted by atomic mass is 9.99. The van der Waals surface area contributed by atoms with Crippen LogP contribution in [0.1, 0.15) is 59.0 Å². The van der Waals surface area contributed by atoms with E-state index < -0.39 is 23.4 Å². The number of aromatic hydroxyl groups is 1. The third-order valence-corrected chi connectivity index (χ3v) is 6.42. The standard InChI is InChI=1S/C27H31N3O4/c1-3-10-23-28-25(31)24(26(32)29-16-15-21(17-29)19-11-6-4-7-12-19)27(33)30(23)22(18-34-2)20-13-8-5-9-14-20/h4-9,11-14,21-22,31H,3,10,15-18H2,1-2H3/t21-,22+/m1/s1. The lowest BCUT2D eigenvalue weighted by Crippen LogP contribution is -2.39. The van der Waals surface area contributed by atoms with Crippen LogP contribution in [0.3, 0.4) is 0 Å². The molecule has 4 rings (SSSR count). The summed E-state index contributed by atoms with van der Waals surface area (Å²) in [7, 11) is 1.58. The molecule has 1 fully saturated rings. The highest BCUT2D eigenvalue weighted by Gasteiger charge is 2.33. The molecule has 0 aliphatic carbocycles. The number of hydrogen-bond acceptors (Lipinski definition) is 5. The molecular formula is C27H31N3O4. The number of amides is 1. The van der Waals surface area contributed by atoms with Crippen LogP contribution < -0.4 is 5.56 Å². The van der Waals surface area contributed by atoms with Crippen LogP contribution in [0.25, 0.3) is 0 Å². The summed E-state index contributed by atoms with van der Waals surface area (Å²) in [5.74, 6) is -0.333.